The van der Waals surface area contributed by atoms with E-state index in [1.807, 2.05) is 30.3 Å². The summed E-state index contributed by atoms with van der Waals surface area (Å²) in [4.78, 5) is 17.3. The minimum Gasteiger partial charge on any atom is -0.497 e. The highest BCUT2D eigenvalue weighted by Gasteiger charge is 2.15. The van der Waals surface area contributed by atoms with Crippen LogP contribution in [0.2, 0.25) is 0 Å². The Kier molecular flexibility index (Phi) is 7.31. The van der Waals surface area contributed by atoms with Gasteiger partial charge in [-0.15, -0.1) is 0 Å². The van der Waals surface area contributed by atoms with Crippen molar-refractivity contribution < 1.29 is 18.7 Å². The number of aromatic nitrogens is 1. The number of carbonyl (C=O) groups excluding carboxylic acids is 1. The molecule has 0 atom stereocenters. The van der Waals surface area contributed by atoms with Gasteiger partial charge in [0.15, 0.2) is 10.7 Å². The van der Waals surface area contributed by atoms with Crippen LogP contribution >= 0.6 is 12.2 Å². The molecule has 1 aromatic heterocycles. The molecule has 7 nitrogen and oxygen atoms in total. The molecule has 3 aromatic carbocycles. The van der Waals surface area contributed by atoms with E-state index < -0.39 is 0 Å². The maximum absolute atomic E-state index is 12.6. The standard InChI is InChI=1S/C27H27N3O4S/c1-16(2)19-9-12-23-22(13-19)29-26(34-23)18-7-5-17(6-8-18)15-28-27(35)30-25(31)21-11-10-20(32-3)14-24(21)33-4/h5-14,16H,15H2,1-4H3,(H2,28,30,31,35). The van der Waals surface area contributed by atoms with E-state index in [4.69, 9.17) is 26.1 Å². The van der Waals surface area contributed by atoms with Gasteiger partial charge in [-0.25, -0.2) is 4.98 Å². The number of amides is 1. The Balaban J connectivity index is 1.36. The van der Waals surface area contributed by atoms with Crippen molar-refractivity contribution in [2.45, 2.75) is 26.3 Å². The molecule has 2 N–H and O–H groups in total. The first-order chi connectivity index (χ1) is 16.9. The summed E-state index contributed by atoms with van der Waals surface area (Å²) in [6.07, 6.45) is 0. The third-order valence-electron chi connectivity index (χ3n) is 5.61. The topological polar surface area (TPSA) is 85.6 Å². The number of thiocarbonyl (C=S) groups is 1. The van der Waals surface area contributed by atoms with Crippen LogP contribution in [0.4, 0.5) is 0 Å². The van der Waals surface area contributed by atoms with Crippen molar-refractivity contribution in [2.24, 2.45) is 0 Å². The minimum atomic E-state index is -0.367. The van der Waals surface area contributed by atoms with Crippen molar-refractivity contribution in [3.8, 4) is 23.0 Å². The third-order valence-corrected chi connectivity index (χ3v) is 5.86. The number of ether oxygens (including phenoxy) is 2. The van der Waals surface area contributed by atoms with E-state index in [-0.39, 0.29) is 11.0 Å². The summed E-state index contributed by atoms with van der Waals surface area (Å²) in [5.41, 5.74) is 5.09. The predicted molar refractivity (Wildman–Crippen MR) is 140 cm³/mol. The van der Waals surface area contributed by atoms with Crippen molar-refractivity contribution in [1.29, 1.82) is 0 Å². The maximum Gasteiger partial charge on any atom is 0.261 e. The van der Waals surface area contributed by atoms with Crippen LogP contribution in [-0.4, -0.2) is 30.2 Å². The van der Waals surface area contributed by atoms with Crippen LogP contribution in [0.25, 0.3) is 22.6 Å². The Morgan fingerprint density at radius 1 is 1.03 bits per heavy atom. The van der Waals surface area contributed by atoms with Gasteiger partial charge in [-0.05, 0) is 65.7 Å². The zero-order chi connectivity index (χ0) is 24.9. The molecule has 0 spiro atoms. The average molecular weight is 490 g/mol. The van der Waals surface area contributed by atoms with E-state index in [1.54, 1.807) is 25.3 Å². The first-order valence-corrected chi connectivity index (χ1v) is 11.6. The van der Waals surface area contributed by atoms with Gasteiger partial charge in [-0.3, -0.25) is 10.1 Å². The summed E-state index contributed by atoms with van der Waals surface area (Å²) in [6.45, 7) is 4.76. The molecule has 0 saturated heterocycles. The molecule has 0 aliphatic carbocycles. The summed E-state index contributed by atoms with van der Waals surface area (Å²) in [7, 11) is 3.05. The lowest BCUT2D eigenvalue weighted by Crippen LogP contribution is -2.39. The molecule has 1 amide bonds. The lowest BCUT2D eigenvalue weighted by Gasteiger charge is -2.12. The lowest BCUT2D eigenvalue weighted by molar-refractivity contribution is 0.0973. The lowest BCUT2D eigenvalue weighted by atomic mass is 10.0. The molecule has 4 rings (SSSR count). The van der Waals surface area contributed by atoms with Crippen molar-refractivity contribution in [3.05, 3.63) is 77.4 Å². The average Bonchev–Trinajstić information content (AvgIpc) is 3.30. The Morgan fingerprint density at radius 2 is 1.80 bits per heavy atom. The third kappa shape index (κ3) is 5.60. The fourth-order valence-corrected chi connectivity index (χ4v) is 3.74. The quantitative estimate of drug-likeness (QED) is 0.334. The molecule has 0 aliphatic heterocycles. The van der Waals surface area contributed by atoms with E-state index in [0.29, 0.717) is 35.4 Å². The highest BCUT2D eigenvalue weighted by Crippen LogP contribution is 2.27. The number of carbonyl (C=O) groups is 1. The van der Waals surface area contributed by atoms with Gasteiger partial charge in [0.05, 0.1) is 19.8 Å². The zero-order valence-electron chi connectivity index (χ0n) is 20.0. The second-order valence-electron chi connectivity index (χ2n) is 8.30. The first kappa shape index (κ1) is 24.2. The summed E-state index contributed by atoms with van der Waals surface area (Å²) in [5.74, 6) is 1.64. The fourth-order valence-electron chi connectivity index (χ4n) is 3.58. The molecule has 0 unspecified atom stereocenters. The van der Waals surface area contributed by atoms with Crippen LogP contribution < -0.4 is 20.1 Å². The first-order valence-electron chi connectivity index (χ1n) is 11.2. The zero-order valence-corrected chi connectivity index (χ0v) is 20.9. The van der Waals surface area contributed by atoms with Crippen molar-refractivity contribution in [3.63, 3.8) is 0 Å². The number of hydrogen-bond acceptors (Lipinski definition) is 6. The monoisotopic (exact) mass is 489 g/mol. The molecule has 180 valence electrons. The molecule has 0 aliphatic rings. The second kappa shape index (κ2) is 10.6. The van der Waals surface area contributed by atoms with E-state index in [9.17, 15) is 4.79 Å². The molecule has 1 heterocycles. The smallest absolute Gasteiger partial charge is 0.261 e. The predicted octanol–water partition coefficient (Wildman–Crippen LogP) is 5.44. The molecule has 8 heteroatoms. The highest BCUT2D eigenvalue weighted by molar-refractivity contribution is 7.80. The molecule has 0 radical (unpaired) electrons. The van der Waals surface area contributed by atoms with E-state index >= 15 is 0 Å². The Morgan fingerprint density at radius 3 is 2.49 bits per heavy atom. The molecule has 4 aromatic rings. The van der Waals surface area contributed by atoms with Gasteiger partial charge in [0.2, 0.25) is 5.89 Å². The van der Waals surface area contributed by atoms with Gasteiger partial charge >= 0.3 is 0 Å². The van der Waals surface area contributed by atoms with E-state index in [1.165, 1.54) is 12.7 Å². The fraction of sp³-hybridized carbons (Fsp3) is 0.222. The number of nitrogens with one attached hydrogen (secondary N) is 2. The van der Waals surface area contributed by atoms with Crippen LogP contribution in [0.1, 0.15) is 41.3 Å². The SMILES string of the molecule is COc1ccc(C(=O)NC(=S)NCc2ccc(-c3nc4cc(C(C)C)ccc4o3)cc2)c(OC)c1. The van der Waals surface area contributed by atoms with Crippen LogP contribution in [0, 0.1) is 0 Å². The Hall–Kier alpha value is -3.91. The maximum atomic E-state index is 12.6. The molecular formula is C27H27N3O4S. The molecule has 0 fully saturated rings. The molecule has 0 bridgehead atoms. The minimum absolute atomic E-state index is 0.219. The van der Waals surface area contributed by atoms with Crippen molar-refractivity contribution in [2.75, 3.05) is 14.2 Å². The normalized spacial score (nSPS) is 10.9. The number of fused-ring (bicyclic) bond motifs is 1. The van der Waals surface area contributed by atoms with Crippen LogP contribution in [0.3, 0.4) is 0 Å². The molecule has 35 heavy (non-hydrogen) atoms. The van der Waals surface area contributed by atoms with Gasteiger partial charge in [0, 0.05) is 18.2 Å². The largest absolute Gasteiger partial charge is 0.497 e. The van der Waals surface area contributed by atoms with Gasteiger partial charge in [-0.1, -0.05) is 32.0 Å². The van der Waals surface area contributed by atoms with E-state index in [0.717, 1.165) is 22.2 Å². The van der Waals surface area contributed by atoms with Crippen LogP contribution in [-0.2, 0) is 6.54 Å². The molecule has 0 saturated carbocycles. The van der Waals surface area contributed by atoms with Crippen LogP contribution in [0.15, 0.2) is 65.1 Å². The second-order valence-corrected chi connectivity index (χ2v) is 8.71. The summed E-state index contributed by atoms with van der Waals surface area (Å²) < 4.78 is 16.4. The summed E-state index contributed by atoms with van der Waals surface area (Å²) in [5, 5.41) is 5.95. The number of benzene rings is 3. The number of nitrogens with zero attached hydrogens (tertiary/aromatic N) is 1. The number of rotatable bonds is 7. The van der Waals surface area contributed by atoms with Crippen LogP contribution in [0.5, 0.6) is 11.5 Å². The van der Waals surface area contributed by atoms with Gasteiger partial charge in [0.25, 0.3) is 5.91 Å². The highest BCUT2D eigenvalue weighted by atomic mass is 32.1. The molecular weight excluding hydrogens is 462 g/mol. The summed E-state index contributed by atoms with van der Waals surface area (Å²) >= 11 is 5.29. The van der Waals surface area contributed by atoms with Gasteiger partial charge in [0.1, 0.15) is 17.0 Å². The summed E-state index contributed by atoms with van der Waals surface area (Å²) in [6, 6.07) is 18.9. The van der Waals surface area contributed by atoms with E-state index in [2.05, 4.69) is 41.6 Å². The number of hydrogen-bond donors (Lipinski definition) is 2. The van der Waals surface area contributed by atoms with Crippen molar-refractivity contribution in [1.82, 2.24) is 15.6 Å². The van der Waals surface area contributed by atoms with Gasteiger partial charge < -0.3 is 19.2 Å². The number of oxazole rings is 1. The van der Waals surface area contributed by atoms with Crippen molar-refractivity contribution >= 4 is 34.3 Å². The number of methoxy groups -OCH3 is 2. The Labute approximate surface area is 209 Å². The Bertz CT molecular complexity index is 1360. The van der Waals surface area contributed by atoms with Gasteiger partial charge in [-0.2, -0.15) is 0 Å².